The lowest BCUT2D eigenvalue weighted by Crippen LogP contribution is -2.38. The number of benzene rings is 2. The van der Waals surface area contributed by atoms with Gasteiger partial charge in [0, 0.05) is 23.6 Å². The van der Waals surface area contributed by atoms with Crippen molar-refractivity contribution in [3.05, 3.63) is 76.3 Å². The fraction of sp³-hybridized carbons (Fsp3) is 0.211. The minimum Gasteiger partial charge on any atom is -0.334 e. The highest BCUT2D eigenvalue weighted by molar-refractivity contribution is 6.35. The fourth-order valence-electron chi connectivity index (χ4n) is 2.61. The van der Waals surface area contributed by atoms with Crippen LogP contribution in [0.3, 0.4) is 0 Å². The summed E-state index contributed by atoms with van der Waals surface area (Å²) in [5.41, 5.74) is 2.74. The van der Waals surface area contributed by atoms with Gasteiger partial charge in [0.15, 0.2) is 0 Å². The van der Waals surface area contributed by atoms with Crippen LogP contribution >= 0.6 is 23.2 Å². The lowest BCUT2D eigenvalue weighted by molar-refractivity contribution is 0.194. The van der Waals surface area contributed by atoms with Crippen LogP contribution in [0.1, 0.15) is 24.1 Å². The molecule has 1 N–H and O–H groups in total. The molecule has 1 aromatic heterocycles. The van der Waals surface area contributed by atoms with Crippen molar-refractivity contribution in [3.8, 4) is 5.69 Å². The monoisotopic (exact) mass is 403 g/mol. The molecule has 0 aliphatic carbocycles. The molecule has 3 aromatic rings. The highest BCUT2D eigenvalue weighted by Gasteiger charge is 2.17. The van der Waals surface area contributed by atoms with Gasteiger partial charge in [0.25, 0.3) is 0 Å². The predicted octanol–water partition coefficient (Wildman–Crippen LogP) is 4.48. The molecule has 0 fully saturated rings. The van der Waals surface area contributed by atoms with E-state index < -0.39 is 0 Å². The van der Waals surface area contributed by atoms with Gasteiger partial charge < -0.3 is 10.2 Å². The summed E-state index contributed by atoms with van der Waals surface area (Å²) < 4.78 is 1.68. The highest BCUT2D eigenvalue weighted by atomic mass is 35.5. The highest BCUT2D eigenvalue weighted by Crippen LogP contribution is 2.22. The Labute approximate surface area is 167 Å². The number of hydrogen-bond donors (Lipinski definition) is 1. The van der Waals surface area contributed by atoms with Gasteiger partial charge in [-0.05, 0) is 42.3 Å². The molecule has 0 radical (unpaired) electrons. The molecule has 1 unspecified atom stereocenters. The average molecular weight is 404 g/mol. The van der Waals surface area contributed by atoms with Crippen molar-refractivity contribution in [1.29, 1.82) is 0 Å². The van der Waals surface area contributed by atoms with Gasteiger partial charge in [-0.15, -0.1) is 0 Å². The molecule has 3 rings (SSSR count). The van der Waals surface area contributed by atoms with E-state index >= 15 is 0 Å². The Morgan fingerprint density at radius 1 is 1.22 bits per heavy atom. The van der Waals surface area contributed by atoms with Gasteiger partial charge in [-0.1, -0.05) is 41.4 Å². The van der Waals surface area contributed by atoms with Crippen molar-refractivity contribution in [2.45, 2.75) is 19.5 Å². The molecule has 27 heavy (non-hydrogen) atoms. The number of carbonyl (C=O) groups excluding carboxylic acids is 1. The Balaban J connectivity index is 1.62. The van der Waals surface area contributed by atoms with Crippen LogP contribution < -0.4 is 5.32 Å². The van der Waals surface area contributed by atoms with Gasteiger partial charge in [0.2, 0.25) is 0 Å². The van der Waals surface area contributed by atoms with E-state index in [0.29, 0.717) is 16.6 Å². The van der Waals surface area contributed by atoms with Crippen molar-refractivity contribution >= 4 is 29.2 Å². The van der Waals surface area contributed by atoms with Crippen LogP contribution in [0.2, 0.25) is 10.0 Å². The molecule has 1 atom stereocenters. The van der Waals surface area contributed by atoms with Crippen LogP contribution in [0.15, 0.2) is 55.1 Å². The third kappa shape index (κ3) is 4.59. The van der Waals surface area contributed by atoms with E-state index in [-0.39, 0.29) is 12.1 Å². The Bertz CT molecular complexity index is 912. The van der Waals surface area contributed by atoms with Crippen molar-refractivity contribution in [3.63, 3.8) is 0 Å². The van der Waals surface area contributed by atoms with Crippen molar-refractivity contribution in [2.75, 3.05) is 7.05 Å². The van der Waals surface area contributed by atoms with Crippen LogP contribution in [0.4, 0.5) is 4.79 Å². The molecule has 0 saturated carbocycles. The number of hydrogen-bond acceptors (Lipinski definition) is 3. The van der Waals surface area contributed by atoms with Crippen LogP contribution in [0.5, 0.6) is 0 Å². The number of nitrogens with one attached hydrogen (secondary N) is 1. The molecule has 140 valence electrons. The molecule has 0 saturated heterocycles. The Morgan fingerprint density at radius 3 is 2.59 bits per heavy atom. The van der Waals surface area contributed by atoms with Crippen molar-refractivity contribution in [2.24, 2.45) is 0 Å². The second-order valence-electron chi connectivity index (χ2n) is 6.11. The molecule has 2 amide bonds. The molecule has 1 heterocycles. The Kier molecular flexibility index (Phi) is 5.98. The molecule has 8 heteroatoms. The first-order valence-corrected chi connectivity index (χ1v) is 9.11. The smallest absolute Gasteiger partial charge is 0.317 e. The minimum atomic E-state index is -0.186. The second kappa shape index (κ2) is 8.41. The molecule has 0 spiro atoms. The van der Waals surface area contributed by atoms with Gasteiger partial charge in [-0.3, -0.25) is 0 Å². The van der Waals surface area contributed by atoms with Crippen LogP contribution in [0.25, 0.3) is 5.69 Å². The first-order valence-electron chi connectivity index (χ1n) is 8.35. The zero-order valence-corrected chi connectivity index (χ0v) is 16.4. The number of urea groups is 1. The molecule has 0 bridgehead atoms. The molecule has 2 aromatic carbocycles. The number of halogens is 2. The maximum Gasteiger partial charge on any atom is 0.317 e. The van der Waals surface area contributed by atoms with E-state index in [1.807, 2.05) is 31.2 Å². The predicted molar refractivity (Wildman–Crippen MR) is 106 cm³/mol. The summed E-state index contributed by atoms with van der Waals surface area (Å²) in [5.74, 6) is 0. The standard InChI is InChI=1S/C19H19Cl2N5O/c1-13(14-4-7-17(8-5-14)26-12-22-11-24-26)25(2)19(27)23-10-15-3-6-16(20)9-18(15)21/h3-9,11-13H,10H2,1-2H3,(H,23,27). The zero-order valence-electron chi connectivity index (χ0n) is 14.9. The molecular weight excluding hydrogens is 385 g/mol. The second-order valence-corrected chi connectivity index (χ2v) is 6.96. The van der Waals surface area contributed by atoms with Crippen molar-refractivity contribution < 1.29 is 4.79 Å². The van der Waals surface area contributed by atoms with Gasteiger partial charge in [-0.25, -0.2) is 14.5 Å². The van der Waals surface area contributed by atoms with E-state index in [0.717, 1.165) is 16.8 Å². The van der Waals surface area contributed by atoms with E-state index in [4.69, 9.17) is 23.2 Å². The normalized spacial score (nSPS) is 11.9. The Morgan fingerprint density at radius 2 is 1.96 bits per heavy atom. The molecule has 0 aliphatic heterocycles. The maximum atomic E-state index is 12.5. The topological polar surface area (TPSA) is 63.1 Å². The van der Waals surface area contributed by atoms with Crippen LogP contribution in [0, 0.1) is 0 Å². The van der Waals surface area contributed by atoms with Gasteiger partial charge in [0.1, 0.15) is 12.7 Å². The van der Waals surface area contributed by atoms with Crippen LogP contribution in [-0.4, -0.2) is 32.7 Å². The number of nitrogens with zero attached hydrogens (tertiary/aromatic N) is 4. The SMILES string of the molecule is CC(c1ccc(-n2cncn2)cc1)N(C)C(=O)NCc1ccc(Cl)cc1Cl. The zero-order chi connectivity index (χ0) is 19.4. The maximum absolute atomic E-state index is 12.5. The number of rotatable bonds is 5. The number of carbonyl (C=O) groups is 1. The van der Waals surface area contributed by atoms with Gasteiger partial charge in [-0.2, -0.15) is 5.10 Å². The summed E-state index contributed by atoms with van der Waals surface area (Å²) in [4.78, 5) is 18.1. The van der Waals surface area contributed by atoms with E-state index in [2.05, 4.69) is 15.4 Å². The third-order valence-electron chi connectivity index (χ3n) is 4.41. The summed E-state index contributed by atoms with van der Waals surface area (Å²) in [6.45, 7) is 2.30. The summed E-state index contributed by atoms with van der Waals surface area (Å²) in [7, 11) is 1.76. The van der Waals surface area contributed by atoms with E-state index in [1.54, 1.807) is 41.2 Å². The fourth-order valence-corrected chi connectivity index (χ4v) is 3.08. The first-order chi connectivity index (χ1) is 13.0. The first kappa shape index (κ1) is 19.2. The third-order valence-corrected chi connectivity index (χ3v) is 4.99. The lowest BCUT2D eigenvalue weighted by Gasteiger charge is -2.26. The Hall–Kier alpha value is -2.57. The molecule has 6 nitrogen and oxygen atoms in total. The van der Waals surface area contributed by atoms with E-state index in [9.17, 15) is 4.79 Å². The summed E-state index contributed by atoms with van der Waals surface area (Å²) >= 11 is 12.0. The average Bonchev–Trinajstić information content (AvgIpc) is 3.21. The van der Waals surface area contributed by atoms with Crippen LogP contribution in [-0.2, 0) is 6.54 Å². The van der Waals surface area contributed by atoms with Gasteiger partial charge in [0.05, 0.1) is 11.7 Å². The summed E-state index contributed by atoms with van der Waals surface area (Å²) in [6, 6.07) is 12.8. The quantitative estimate of drug-likeness (QED) is 0.682. The number of aromatic nitrogens is 3. The minimum absolute atomic E-state index is 0.101. The van der Waals surface area contributed by atoms with Gasteiger partial charge >= 0.3 is 6.03 Å². The summed E-state index contributed by atoms with van der Waals surface area (Å²) in [6.07, 6.45) is 3.13. The molecular formula is C19H19Cl2N5O. The summed E-state index contributed by atoms with van der Waals surface area (Å²) in [5, 5.41) is 8.08. The van der Waals surface area contributed by atoms with E-state index in [1.165, 1.54) is 6.33 Å². The largest absolute Gasteiger partial charge is 0.334 e. The molecule has 0 aliphatic rings. The van der Waals surface area contributed by atoms with Crippen molar-refractivity contribution in [1.82, 2.24) is 25.0 Å². The number of amides is 2. The lowest BCUT2D eigenvalue weighted by atomic mass is 10.1.